The Morgan fingerprint density at radius 3 is 2.41 bits per heavy atom. The van der Waals surface area contributed by atoms with Gasteiger partial charge in [-0.15, -0.1) is 0 Å². The zero-order chi connectivity index (χ0) is 21.0. The number of amides is 2. The van der Waals surface area contributed by atoms with Crippen LogP contribution in [0.4, 0.5) is 0 Å². The maximum atomic E-state index is 12.8. The fraction of sp³-hybridized carbons (Fsp3) is 0.579. The van der Waals surface area contributed by atoms with Crippen LogP contribution in [0, 0.1) is 5.92 Å². The summed E-state index contributed by atoms with van der Waals surface area (Å²) in [4.78, 5) is 28.4. The van der Waals surface area contributed by atoms with Gasteiger partial charge in [-0.3, -0.25) is 9.59 Å². The van der Waals surface area contributed by atoms with Crippen molar-refractivity contribution in [3.63, 3.8) is 0 Å². The second-order valence-corrected chi connectivity index (χ2v) is 9.21. The molecule has 2 aliphatic rings. The summed E-state index contributed by atoms with van der Waals surface area (Å²) < 4.78 is 35.5. The van der Waals surface area contributed by atoms with Gasteiger partial charge in [0.2, 0.25) is 21.8 Å². The SMILES string of the molecule is COc1ccccc1OCCN1CC(C(=O)N2CCN(S(C)(=O)=O)CC2)CC1=O. The van der Waals surface area contributed by atoms with Gasteiger partial charge in [-0.2, -0.15) is 4.31 Å². The molecule has 160 valence electrons. The van der Waals surface area contributed by atoms with Gasteiger partial charge < -0.3 is 19.3 Å². The van der Waals surface area contributed by atoms with E-state index in [4.69, 9.17) is 9.47 Å². The first kappa shape index (κ1) is 21.4. The molecule has 1 unspecified atom stereocenters. The number of piperazine rings is 1. The van der Waals surface area contributed by atoms with Gasteiger partial charge in [0, 0.05) is 39.1 Å². The number of para-hydroxylation sites is 2. The fourth-order valence-corrected chi connectivity index (χ4v) is 4.48. The average Bonchev–Trinajstić information content (AvgIpc) is 3.08. The van der Waals surface area contributed by atoms with Gasteiger partial charge in [-0.1, -0.05) is 12.1 Å². The number of methoxy groups -OCH3 is 1. The Balaban J connectivity index is 1.48. The first-order valence-corrected chi connectivity index (χ1v) is 11.4. The summed E-state index contributed by atoms with van der Waals surface area (Å²) in [7, 11) is -1.67. The van der Waals surface area contributed by atoms with Gasteiger partial charge in [-0.25, -0.2) is 8.42 Å². The molecule has 3 rings (SSSR count). The number of benzene rings is 1. The van der Waals surface area contributed by atoms with Gasteiger partial charge in [-0.05, 0) is 12.1 Å². The predicted octanol–water partition coefficient (Wildman–Crippen LogP) is 0.0263. The number of hydrogen-bond donors (Lipinski definition) is 0. The van der Waals surface area contributed by atoms with Crippen LogP contribution in [0.2, 0.25) is 0 Å². The van der Waals surface area contributed by atoms with Crippen molar-refractivity contribution in [2.24, 2.45) is 5.92 Å². The molecule has 0 aromatic heterocycles. The molecule has 9 nitrogen and oxygen atoms in total. The van der Waals surface area contributed by atoms with E-state index in [9.17, 15) is 18.0 Å². The topological polar surface area (TPSA) is 96.5 Å². The Bertz CT molecular complexity index is 851. The molecule has 10 heteroatoms. The van der Waals surface area contributed by atoms with E-state index in [1.807, 2.05) is 12.1 Å². The van der Waals surface area contributed by atoms with Gasteiger partial charge in [0.25, 0.3) is 0 Å². The molecule has 0 saturated carbocycles. The zero-order valence-corrected chi connectivity index (χ0v) is 17.6. The van der Waals surface area contributed by atoms with Crippen molar-refractivity contribution in [2.45, 2.75) is 6.42 Å². The quantitative estimate of drug-likeness (QED) is 0.611. The molecular formula is C19H27N3O6S. The number of hydrogen-bond acceptors (Lipinski definition) is 6. The Labute approximate surface area is 171 Å². The number of carbonyl (C=O) groups is 2. The third-order valence-electron chi connectivity index (χ3n) is 5.27. The van der Waals surface area contributed by atoms with Crippen LogP contribution in [0.5, 0.6) is 11.5 Å². The van der Waals surface area contributed by atoms with Crippen LogP contribution in [-0.2, 0) is 19.6 Å². The Kier molecular flexibility index (Phi) is 6.63. The molecule has 0 bridgehead atoms. The third kappa shape index (κ3) is 5.18. The van der Waals surface area contributed by atoms with Gasteiger partial charge in [0.1, 0.15) is 6.61 Å². The average molecular weight is 426 g/mol. The maximum Gasteiger partial charge on any atom is 0.228 e. The fourth-order valence-electron chi connectivity index (χ4n) is 3.66. The largest absolute Gasteiger partial charge is 0.493 e. The Hall–Kier alpha value is -2.33. The number of sulfonamides is 1. The van der Waals surface area contributed by atoms with Crippen LogP contribution in [0.1, 0.15) is 6.42 Å². The van der Waals surface area contributed by atoms with E-state index < -0.39 is 15.9 Å². The zero-order valence-electron chi connectivity index (χ0n) is 16.7. The van der Waals surface area contributed by atoms with Crippen LogP contribution in [0.25, 0.3) is 0 Å². The first-order chi connectivity index (χ1) is 13.8. The van der Waals surface area contributed by atoms with Crippen LogP contribution in [0.3, 0.4) is 0 Å². The number of likely N-dealkylation sites (tertiary alicyclic amines) is 1. The lowest BCUT2D eigenvalue weighted by molar-refractivity contribution is -0.137. The van der Waals surface area contributed by atoms with Crippen LogP contribution >= 0.6 is 0 Å². The molecule has 2 aliphatic heterocycles. The molecule has 1 aromatic rings. The molecule has 0 aliphatic carbocycles. The summed E-state index contributed by atoms with van der Waals surface area (Å²) in [5, 5.41) is 0. The van der Waals surface area contributed by atoms with Crippen molar-refractivity contribution < 1.29 is 27.5 Å². The van der Waals surface area contributed by atoms with Gasteiger partial charge in [0.15, 0.2) is 11.5 Å². The van der Waals surface area contributed by atoms with E-state index in [2.05, 4.69) is 0 Å². The molecule has 0 spiro atoms. The highest BCUT2D eigenvalue weighted by molar-refractivity contribution is 7.88. The van der Waals surface area contributed by atoms with Crippen molar-refractivity contribution in [1.82, 2.24) is 14.1 Å². The van der Waals surface area contributed by atoms with E-state index in [1.165, 1.54) is 10.6 Å². The summed E-state index contributed by atoms with van der Waals surface area (Å²) in [6, 6.07) is 7.29. The summed E-state index contributed by atoms with van der Waals surface area (Å²) in [5.41, 5.74) is 0. The summed E-state index contributed by atoms with van der Waals surface area (Å²) in [6.45, 7) is 2.35. The Morgan fingerprint density at radius 1 is 1.14 bits per heavy atom. The van der Waals surface area contributed by atoms with Crippen LogP contribution in [0.15, 0.2) is 24.3 Å². The molecule has 1 atom stereocenters. The van der Waals surface area contributed by atoms with Gasteiger partial charge in [0.05, 0.1) is 25.8 Å². The summed E-state index contributed by atoms with van der Waals surface area (Å²) >= 11 is 0. The number of ether oxygens (including phenoxy) is 2. The molecule has 0 radical (unpaired) electrons. The molecule has 0 N–H and O–H groups in total. The highest BCUT2D eigenvalue weighted by Crippen LogP contribution is 2.26. The standard InChI is InChI=1S/C19H27N3O6S/c1-27-16-5-3-4-6-17(16)28-12-11-21-14-15(13-18(21)23)19(24)20-7-9-22(10-8-20)29(2,25)26/h3-6,15H,7-14H2,1-2H3. The van der Waals surface area contributed by atoms with E-state index in [1.54, 1.807) is 29.0 Å². The Morgan fingerprint density at radius 2 is 1.79 bits per heavy atom. The van der Waals surface area contributed by atoms with Crippen molar-refractivity contribution in [3.05, 3.63) is 24.3 Å². The molecular weight excluding hydrogens is 398 g/mol. The van der Waals surface area contributed by atoms with E-state index in [0.29, 0.717) is 57.4 Å². The minimum Gasteiger partial charge on any atom is -0.493 e. The minimum absolute atomic E-state index is 0.0678. The lowest BCUT2D eigenvalue weighted by atomic mass is 10.1. The second kappa shape index (κ2) is 9.00. The van der Waals surface area contributed by atoms with Crippen LogP contribution < -0.4 is 9.47 Å². The monoisotopic (exact) mass is 425 g/mol. The van der Waals surface area contributed by atoms with Gasteiger partial charge >= 0.3 is 0 Å². The summed E-state index contributed by atoms with van der Waals surface area (Å²) in [6.07, 6.45) is 1.35. The van der Waals surface area contributed by atoms with E-state index >= 15 is 0 Å². The number of carbonyl (C=O) groups excluding carboxylic acids is 2. The minimum atomic E-state index is -3.24. The van der Waals surface area contributed by atoms with E-state index in [0.717, 1.165) is 0 Å². The highest BCUT2D eigenvalue weighted by atomic mass is 32.2. The van der Waals surface area contributed by atoms with E-state index in [-0.39, 0.29) is 18.2 Å². The molecule has 29 heavy (non-hydrogen) atoms. The lowest BCUT2D eigenvalue weighted by Crippen LogP contribution is -2.51. The van der Waals surface area contributed by atoms with Crippen molar-refractivity contribution >= 4 is 21.8 Å². The molecule has 2 heterocycles. The maximum absolute atomic E-state index is 12.8. The van der Waals surface area contributed by atoms with Crippen molar-refractivity contribution in [2.75, 3.05) is 59.2 Å². The lowest BCUT2D eigenvalue weighted by Gasteiger charge is -2.34. The van der Waals surface area contributed by atoms with Crippen LogP contribution in [-0.4, -0.2) is 93.6 Å². The highest BCUT2D eigenvalue weighted by Gasteiger charge is 2.37. The normalized spacial score (nSPS) is 20.8. The molecule has 1 aromatic carbocycles. The number of nitrogens with zero attached hydrogens (tertiary/aromatic N) is 3. The summed E-state index contributed by atoms with van der Waals surface area (Å²) in [5.74, 6) is 0.694. The predicted molar refractivity (Wildman–Crippen MR) is 106 cm³/mol. The van der Waals surface area contributed by atoms with Crippen molar-refractivity contribution in [1.29, 1.82) is 0 Å². The second-order valence-electron chi connectivity index (χ2n) is 7.23. The molecule has 2 fully saturated rings. The number of rotatable bonds is 7. The van der Waals surface area contributed by atoms with Crippen molar-refractivity contribution in [3.8, 4) is 11.5 Å². The smallest absolute Gasteiger partial charge is 0.228 e. The molecule has 2 saturated heterocycles. The molecule has 2 amide bonds. The first-order valence-electron chi connectivity index (χ1n) is 9.57. The third-order valence-corrected chi connectivity index (χ3v) is 6.57.